The number of aromatic nitrogens is 2. The van der Waals surface area contributed by atoms with E-state index in [4.69, 9.17) is 9.72 Å². The van der Waals surface area contributed by atoms with Crippen LogP contribution >= 0.6 is 0 Å². The van der Waals surface area contributed by atoms with Crippen LogP contribution in [0.1, 0.15) is 5.56 Å². The lowest BCUT2D eigenvalue weighted by atomic mass is 10.1. The molecule has 7 aromatic rings. The lowest BCUT2D eigenvalue weighted by Gasteiger charge is -2.34. The van der Waals surface area contributed by atoms with Crippen molar-refractivity contribution in [2.24, 2.45) is 0 Å². The summed E-state index contributed by atoms with van der Waals surface area (Å²) in [4.78, 5) is 4.90. The van der Waals surface area contributed by atoms with Gasteiger partial charge in [-0.2, -0.15) is 4.98 Å². The van der Waals surface area contributed by atoms with Crippen molar-refractivity contribution in [3.05, 3.63) is 163 Å². The van der Waals surface area contributed by atoms with Crippen molar-refractivity contribution in [3.63, 3.8) is 0 Å². The van der Waals surface area contributed by atoms with Gasteiger partial charge in [0.1, 0.15) is 6.61 Å². The topological polar surface area (TPSA) is 27.1 Å². The van der Waals surface area contributed by atoms with E-state index in [0.717, 1.165) is 22.3 Å². The van der Waals surface area contributed by atoms with Gasteiger partial charge in [0, 0.05) is 5.56 Å². The number of para-hydroxylation sites is 1. The molecule has 1 aliphatic heterocycles. The molecule has 1 aromatic heterocycles. The Bertz CT molecular complexity index is 1940. The second kappa shape index (κ2) is 10.0. The molecule has 1 aliphatic rings. The Hall–Kier alpha value is -5.19. The van der Waals surface area contributed by atoms with Gasteiger partial charge in [0.15, 0.2) is 8.07 Å². The standard InChI is InChI=1S/C38H28N2OSi/c1-4-15-31(16-5-1)42(32-17-6-2-7-18-32,33-19-8-3-9-20-33)34-21-12-14-28(25-34)29-23-24-37-35(26-29)39-38-40(37)36-22-11-10-13-30(36)27-41-38/h1-26H,27H2. The summed E-state index contributed by atoms with van der Waals surface area (Å²) >= 11 is 0. The van der Waals surface area contributed by atoms with E-state index in [9.17, 15) is 0 Å². The molecule has 0 N–H and O–H groups in total. The van der Waals surface area contributed by atoms with Crippen LogP contribution in [0.2, 0.25) is 0 Å². The molecule has 0 aliphatic carbocycles. The highest BCUT2D eigenvalue weighted by molar-refractivity contribution is 7.19. The lowest BCUT2D eigenvalue weighted by molar-refractivity contribution is 0.265. The van der Waals surface area contributed by atoms with Crippen LogP contribution < -0.4 is 25.5 Å². The number of imidazole rings is 1. The van der Waals surface area contributed by atoms with E-state index in [1.54, 1.807) is 0 Å². The molecule has 2 heterocycles. The molecule has 0 atom stereocenters. The van der Waals surface area contributed by atoms with Crippen LogP contribution in [0.4, 0.5) is 0 Å². The lowest BCUT2D eigenvalue weighted by Crippen LogP contribution is -2.74. The Morgan fingerprint density at radius 3 is 1.76 bits per heavy atom. The van der Waals surface area contributed by atoms with Crippen LogP contribution in [0, 0.1) is 0 Å². The largest absolute Gasteiger partial charge is 0.459 e. The fourth-order valence-electron chi connectivity index (χ4n) is 6.56. The zero-order chi connectivity index (χ0) is 27.9. The molecule has 4 heteroatoms. The molecule has 3 nitrogen and oxygen atoms in total. The maximum Gasteiger partial charge on any atom is 0.302 e. The number of benzene rings is 6. The number of nitrogens with zero attached hydrogens (tertiary/aromatic N) is 2. The summed E-state index contributed by atoms with van der Waals surface area (Å²) in [6, 6.07) is 57.9. The SMILES string of the molecule is c1ccc([Si](c2ccccc2)(c2ccccc2)c2cccc(-c3ccc4c(c3)nc3n4-c4ccccc4CO3)c2)cc1. The van der Waals surface area contributed by atoms with Gasteiger partial charge in [-0.25, -0.2) is 0 Å². The fraction of sp³-hybridized carbons (Fsp3) is 0.0263. The molecule has 0 unspecified atom stereocenters. The highest BCUT2D eigenvalue weighted by atomic mass is 28.3. The summed E-state index contributed by atoms with van der Waals surface area (Å²) in [7, 11) is -2.61. The summed E-state index contributed by atoms with van der Waals surface area (Å²) in [6.07, 6.45) is 0. The molecule has 0 radical (unpaired) electrons. The molecular weight excluding hydrogens is 529 g/mol. The van der Waals surface area contributed by atoms with Crippen LogP contribution in [0.3, 0.4) is 0 Å². The summed E-state index contributed by atoms with van der Waals surface area (Å²) in [5, 5.41) is 5.46. The van der Waals surface area contributed by atoms with E-state index in [1.807, 2.05) is 0 Å². The van der Waals surface area contributed by atoms with Crippen LogP contribution in [0.5, 0.6) is 6.01 Å². The van der Waals surface area contributed by atoms with E-state index < -0.39 is 8.07 Å². The van der Waals surface area contributed by atoms with Crippen molar-refractivity contribution in [1.82, 2.24) is 9.55 Å². The summed E-state index contributed by atoms with van der Waals surface area (Å²) in [5.74, 6) is 0. The minimum absolute atomic E-state index is 0.541. The van der Waals surface area contributed by atoms with Gasteiger partial charge in [0.25, 0.3) is 0 Å². The van der Waals surface area contributed by atoms with E-state index in [0.29, 0.717) is 12.6 Å². The maximum atomic E-state index is 6.05. The first-order valence-electron chi connectivity index (χ1n) is 14.3. The normalized spacial score (nSPS) is 12.4. The molecule has 0 bridgehead atoms. The van der Waals surface area contributed by atoms with Crippen molar-refractivity contribution in [2.75, 3.05) is 0 Å². The second-order valence-electron chi connectivity index (χ2n) is 10.8. The van der Waals surface area contributed by atoms with Crippen LogP contribution in [0.25, 0.3) is 27.8 Å². The van der Waals surface area contributed by atoms with Gasteiger partial charge in [-0.15, -0.1) is 0 Å². The summed E-state index contributed by atoms with van der Waals surface area (Å²) < 4.78 is 8.18. The van der Waals surface area contributed by atoms with E-state index in [-0.39, 0.29) is 0 Å². The third-order valence-electron chi connectivity index (χ3n) is 8.46. The van der Waals surface area contributed by atoms with E-state index in [1.165, 1.54) is 31.9 Å². The van der Waals surface area contributed by atoms with Crippen LogP contribution in [0.15, 0.2) is 158 Å². The Balaban J connectivity index is 1.32. The highest BCUT2D eigenvalue weighted by Crippen LogP contribution is 2.34. The Morgan fingerprint density at radius 2 is 1.10 bits per heavy atom. The molecule has 0 saturated heterocycles. The molecule has 42 heavy (non-hydrogen) atoms. The van der Waals surface area contributed by atoms with Gasteiger partial charge >= 0.3 is 6.01 Å². The number of rotatable bonds is 5. The summed E-state index contributed by atoms with van der Waals surface area (Å²) in [6.45, 7) is 0.541. The summed E-state index contributed by atoms with van der Waals surface area (Å²) in [5.41, 5.74) is 6.62. The van der Waals surface area contributed by atoms with Crippen molar-refractivity contribution in [1.29, 1.82) is 0 Å². The first kappa shape index (κ1) is 24.6. The van der Waals surface area contributed by atoms with Crippen molar-refractivity contribution in [3.8, 4) is 22.8 Å². The zero-order valence-corrected chi connectivity index (χ0v) is 24.0. The average molecular weight is 557 g/mol. The van der Waals surface area contributed by atoms with Gasteiger partial charge in [0.2, 0.25) is 0 Å². The van der Waals surface area contributed by atoms with E-state index in [2.05, 4.69) is 162 Å². The van der Waals surface area contributed by atoms with Crippen molar-refractivity contribution in [2.45, 2.75) is 6.61 Å². The van der Waals surface area contributed by atoms with Crippen LogP contribution in [-0.4, -0.2) is 17.6 Å². The van der Waals surface area contributed by atoms with Crippen LogP contribution in [-0.2, 0) is 6.61 Å². The quantitative estimate of drug-likeness (QED) is 0.193. The minimum atomic E-state index is -2.61. The van der Waals surface area contributed by atoms with Gasteiger partial charge in [0.05, 0.1) is 16.7 Å². The molecular formula is C38H28N2OSi. The average Bonchev–Trinajstić information content (AvgIpc) is 3.45. The molecule has 200 valence electrons. The molecule has 0 saturated carbocycles. The van der Waals surface area contributed by atoms with Crippen molar-refractivity contribution < 1.29 is 4.74 Å². The van der Waals surface area contributed by atoms with Gasteiger partial charge in [-0.05, 0) is 50.1 Å². The van der Waals surface area contributed by atoms with Gasteiger partial charge < -0.3 is 4.74 Å². The fourth-order valence-corrected chi connectivity index (χ4v) is 11.4. The first-order chi connectivity index (χ1) is 20.8. The molecule has 6 aromatic carbocycles. The van der Waals surface area contributed by atoms with Gasteiger partial charge in [-0.1, -0.05) is 140 Å². The third kappa shape index (κ3) is 3.84. The molecule has 0 amide bonds. The molecule has 0 spiro atoms. The highest BCUT2D eigenvalue weighted by Gasteiger charge is 2.41. The predicted octanol–water partition coefficient (Wildman–Crippen LogP) is 5.96. The third-order valence-corrected chi connectivity index (χ3v) is 13.2. The number of hydrogen-bond donors (Lipinski definition) is 0. The monoisotopic (exact) mass is 556 g/mol. The number of hydrogen-bond acceptors (Lipinski definition) is 2. The molecule has 8 rings (SSSR count). The maximum absolute atomic E-state index is 6.05. The van der Waals surface area contributed by atoms with E-state index >= 15 is 0 Å². The molecule has 0 fully saturated rings. The number of fused-ring (bicyclic) bond motifs is 5. The Kier molecular flexibility index (Phi) is 5.87. The first-order valence-corrected chi connectivity index (χ1v) is 16.3. The Morgan fingerprint density at radius 1 is 0.524 bits per heavy atom. The number of ether oxygens (including phenoxy) is 1. The Labute approximate surface area is 246 Å². The van der Waals surface area contributed by atoms with Crippen molar-refractivity contribution >= 4 is 39.9 Å². The zero-order valence-electron chi connectivity index (χ0n) is 23.0. The second-order valence-corrected chi connectivity index (χ2v) is 14.6. The minimum Gasteiger partial charge on any atom is -0.459 e. The van der Waals surface area contributed by atoms with Gasteiger partial charge in [-0.3, -0.25) is 4.57 Å². The predicted molar refractivity (Wildman–Crippen MR) is 174 cm³/mol. The smallest absolute Gasteiger partial charge is 0.302 e.